The van der Waals surface area contributed by atoms with E-state index in [0.717, 1.165) is 24.0 Å². The predicted octanol–water partition coefficient (Wildman–Crippen LogP) is 2.93. The molecule has 154 valence electrons. The summed E-state index contributed by atoms with van der Waals surface area (Å²) < 4.78 is 0. The van der Waals surface area contributed by atoms with E-state index in [4.69, 9.17) is 17.3 Å². The van der Waals surface area contributed by atoms with Gasteiger partial charge in [-0.1, -0.05) is 29.8 Å². The van der Waals surface area contributed by atoms with E-state index >= 15 is 0 Å². The van der Waals surface area contributed by atoms with Gasteiger partial charge in [0.05, 0.1) is 12.3 Å². The number of aromatic nitrogens is 1. The second kappa shape index (κ2) is 9.37. The van der Waals surface area contributed by atoms with E-state index in [1.165, 1.54) is 0 Å². The van der Waals surface area contributed by atoms with Crippen LogP contribution in [0, 0.1) is 5.92 Å². The first-order valence-electron chi connectivity index (χ1n) is 9.77. The second-order valence-electron chi connectivity index (χ2n) is 7.89. The molecular weight excluding hydrogens is 390 g/mol. The Bertz CT molecular complexity index is 844. The van der Waals surface area contributed by atoms with Crippen LogP contribution in [0.3, 0.4) is 0 Å². The van der Waals surface area contributed by atoms with E-state index in [1.54, 1.807) is 23.4 Å². The van der Waals surface area contributed by atoms with Crippen molar-refractivity contribution >= 4 is 23.5 Å². The Labute approximate surface area is 175 Å². The Morgan fingerprint density at radius 2 is 2.00 bits per heavy atom. The number of likely N-dealkylation sites (tertiary alicyclic amines) is 1. The molecule has 3 rings (SSSR count). The summed E-state index contributed by atoms with van der Waals surface area (Å²) >= 11 is 5.96. The molecule has 0 bridgehead atoms. The number of hydrogen-bond acceptors (Lipinski definition) is 4. The van der Waals surface area contributed by atoms with Gasteiger partial charge in [0.15, 0.2) is 0 Å². The Kier molecular flexibility index (Phi) is 6.87. The van der Waals surface area contributed by atoms with Gasteiger partial charge in [0.1, 0.15) is 0 Å². The Morgan fingerprint density at radius 1 is 1.24 bits per heavy atom. The molecule has 2 atom stereocenters. The second-order valence-corrected chi connectivity index (χ2v) is 8.33. The van der Waals surface area contributed by atoms with Gasteiger partial charge in [-0.25, -0.2) is 0 Å². The van der Waals surface area contributed by atoms with Gasteiger partial charge in [-0.05, 0) is 55.0 Å². The molecule has 6 nitrogen and oxygen atoms in total. The summed E-state index contributed by atoms with van der Waals surface area (Å²) in [6.45, 7) is 1.01. The normalized spacial score (nSPS) is 20.3. The fourth-order valence-corrected chi connectivity index (χ4v) is 4.15. The largest absolute Gasteiger partial charge is 0.481 e. The highest BCUT2D eigenvalue weighted by atomic mass is 35.5. The lowest BCUT2D eigenvalue weighted by molar-refractivity contribution is -0.145. The first-order chi connectivity index (χ1) is 13.8. The number of benzene rings is 1. The van der Waals surface area contributed by atoms with Gasteiger partial charge in [0.25, 0.3) is 0 Å². The number of aliphatic carboxylic acids is 1. The summed E-state index contributed by atoms with van der Waals surface area (Å²) in [7, 11) is 0. The fraction of sp³-hybridized carbons (Fsp3) is 0.409. The Morgan fingerprint density at radius 3 is 2.66 bits per heavy atom. The van der Waals surface area contributed by atoms with Gasteiger partial charge in [-0.3, -0.25) is 14.6 Å². The average Bonchev–Trinajstić information content (AvgIpc) is 2.69. The van der Waals surface area contributed by atoms with Gasteiger partial charge in [0, 0.05) is 36.0 Å². The van der Waals surface area contributed by atoms with Crippen LogP contribution in [-0.2, 0) is 22.4 Å². The molecule has 2 unspecified atom stereocenters. The number of halogens is 1. The third-order valence-electron chi connectivity index (χ3n) is 5.36. The van der Waals surface area contributed by atoms with Gasteiger partial charge in [-0.2, -0.15) is 0 Å². The zero-order valence-corrected chi connectivity index (χ0v) is 17.0. The standard InChI is InChI=1S/C22H26ClN3O3/c23-19-6-4-16(5-7-19)13-22(24)8-2-10-26(15-22)21(29)18(12-20(27)28)11-17-3-1-9-25-14-17/h1,3-7,9,14,18H,2,8,10-13,15,24H2,(H,27,28). The summed E-state index contributed by atoms with van der Waals surface area (Å²) in [4.78, 5) is 30.4. The van der Waals surface area contributed by atoms with Crippen LogP contribution in [0.4, 0.5) is 0 Å². The Balaban J connectivity index is 1.71. The molecule has 29 heavy (non-hydrogen) atoms. The van der Waals surface area contributed by atoms with Crippen LogP contribution in [0.15, 0.2) is 48.8 Å². The molecule has 1 aromatic heterocycles. The number of nitrogens with two attached hydrogens (primary N) is 1. The quantitative estimate of drug-likeness (QED) is 0.724. The van der Waals surface area contributed by atoms with Crippen molar-refractivity contribution in [2.45, 2.75) is 37.6 Å². The van der Waals surface area contributed by atoms with Gasteiger partial charge >= 0.3 is 5.97 Å². The van der Waals surface area contributed by atoms with Gasteiger partial charge < -0.3 is 15.7 Å². The maximum Gasteiger partial charge on any atom is 0.304 e. The average molecular weight is 416 g/mol. The maximum atomic E-state index is 13.2. The summed E-state index contributed by atoms with van der Waals surface area (Å²) in [5, 5.41) is 9.98. The van der Waals surface area contributed by atoms with Crippen molar-refractivity contribution in [3.05, 3.63) is 64.9 Å². The molecule has 0 spiro atoms. The number of rotatable bonds is 7. The molecule has 2 aromatic rings. The monoisotopic (exact) mass is 415 g/mol. The van der Waals surface area contributed by atoms with E-state index in [0.29, 0.717) is 31.0 Å². The van der Waals surface area contributed by atoms with Crippen molar-refractivity contribution in [2.24, 2.45) is 11.7 Å². The van der Waals surface area contributed by atoms with Crippen LogP contribution in [0.5, 0.6) is 0 Å². The van der Waals surface area contributed by atoms with Crippen molar-refractivity contribution in [3.63, 3.8) is 0 Å². The van der Waals surface area contributed by atoms with Crippen LogP contribution >= 0.6 is 11.6 Å². The number of carboxylic acid groups (broad SMARTS) is 1. The van der Waals surface area contributed by atoms with Crippen molar-refractivity contribution in [1.29, 1.82) is 0 Å². The summed E-state index contributed by atoms with van der Waals surface area (Å²) in [6.07, 6.45) is 5.71. The van der Waals surface area contributed by atoms with Crippen LogP contribution < -0.4 is 5.73 Å². The number of hydrogen-bond donors (Lipinski definition) is 2. The van der Waals surface area contributed by atoms with E-state index in [9.17, 15) is 14.7 Å². The number of carbonyl (C=O) groups excluding carboxylic acids is 1. The van der Waals surface area contributed by atoms with E-state index < -0.39 is 17.4 Å². The van der Waals surface area contributed by atoms with Crippen molar-refractivity contribution < 1.29 is 14.7 Å². The zero-order chi connectivity index (χ0) is 20.9. The summed E-state index contributed by atoms with van der Waals surface area (Å²) in [5.74, 6) is -1.76. The predicted molar refractivity (Wildman–Crippen MR) is 112 cm³/mol. The molecule has 2 heterocycles. The minimum Gasteiger partial charge on any atom is -0.481 e. The van der Waals surface area contributed by atoms with Crippen LogP contribution in [0.2, 0.25) is 5.02 Å². The third-order valence-corrected chi connectivity index (χ3v) is 5.62. The van der Waals surface area contributed by atoms with E-state index in [-0.39, 0.29) is 12.3 Å². The molecule has 0 saturated carbocycles. The lowest BCUT2D eigenvalue weighted by Gasteiger charge is -2.41. The molecule has 1 aliphatic rings. The van der Waals surface area contributed by atoms with E-state index in [1.807, 2.05) is 30.3 Å². The molecule has 1 aromatic carbocycles. The van der Waals surface area contributed by atoms with Crippen LogP contribution in [0.25, 0.3) is 0 Å². The summed E-state index contributed by atoms with van der Waals surface area (Å²) in [5.41, 5.74) is 8.04. The molecule has 0 aliphatic carbocycles. The van der Waals surface area contributed by atoms with Crippen molar-refractivity contribution in [3.8, 4) is 0 Å². The molecule has 7 heteroatoms. The number of nitrogens with zero attached hydrogens (tertiary/aromatic N) is 2. The van der Waals surface area contributed by atoms with Crippen molar-refractivity contribution in [1.82, 2.24) is 9.88 Å². The highest BCUT2D eigenvalue weighted by Gasteiger charge is 2.36. The highest BCUT2D eigenvalue weighted by molar-refractivity contribution is 6.30. The zero-order valence-electron chi connectivity index (χ0n) is 16.3. The van der Waals surface area contributed by atoms with Crippen LogP contribution in [-0.4, -0.2) is 45.5 Å². The molecule has 3 N–H and O–H groups in total. The van der Waals surface area contributed by atoms with Gasteiger partial charge in [0.2, 0.25) is 5.91 Å². The van der Waals surface area contributed by atoms with Crippen molar-refractivity contribution in [2.75, 3.05) is 13.1 Å². The SMILES string of the molecule is NC1(Cc2ccc(Cl)cc2)CCCN(C(=O)C(CC(=O)O)Cc2cccnc2)C1. The minimum atomic E-state index is -0.982. The topological polar surface area (TPSA) is 96.5 Å². The number of carbonyl (C=O) groups is 2. The molecule has 1 fully saturated rings. The number of amides is 1. The van der Waals surface area contributed by atoms with Crippen LogP contribution in [0.1, 0.15) is 30.4 Å². The highest BCUT2D eigenvalue weighted by Crippen LogP contribution is 2.26. The molecular formula is C22H26ClN3O3. The molecule has 1 amide bonds. The number of carboxylic acids is 1. The first-order valence-corrected chi connectivity index (χ1v) is 10.2. The maximum absolute atomic E-state index is 13.2. The third kappa shape index (κ3) is 6.02. The fourth-order valence-electron chi connectivity index (χ4n) is 4.02. The minimum absolute atomic E-state index is 0.151. The molecule has 1 aliphatic heterocycles. The molecule has 1 saturated heterocycles. The van der Waals surface area contributed by atoms with E-state index in [2.05, 4.69) is 4.98 Å². The number of piperidine rings is 1. The molecule has 0 radical (unpaired) electrons. The first kappa shape index (κ1) is 21.3. The number of pyridine rings is 1. The lowest BCUT2D eigenvalue weighted by atomic mass is 9.83. The van der Waals surface area contributed by atoms with Gasteiger partial charge in [-0.15, -0.1) is 0 Å². The summed E-state index contributed by atoms with van der Waals surface area (Å²) in [6, 6.07) is 11.2. The smallest absolute Gasteiger partial charge is 0.304 e. The lowest BCUT2D eigenvalue weighted by Crippen LogP contribution is -2.58. The Hall–Kier alpha value is -2.44.